The quantitative estimate of drug-likeness (QED) is 0.542. The van der Waals surface area contributed by atoms with Crippen LogP contribution in [0.3, 0.4) is 0 Å². The Morgan fingerprint density at radius 1 is 1.29 bits per heavy atom. The summed E-state index contributed by atoms with van der Waals surface area (Å²) in [5, 5.41) is 20.2. The van der Waals surface area contributed by atoms with Gasteiger partial charge in [0.2, 0.25) is 5.91 Å². The van der Waals surface area contributed by atoms with Crippen molar-refractivity contribution in [3.8, 4) is 0 Å². The number of carboxylic acids is 1. The molecule has 0 heterocycles. The summed E-state index contributed by atoms with van der Waals surface area (Å²) in [6.07, 6.45) is -0.639. The van der Waals surface area contributed by atoms with Crippen LogP contribution < -0.4 is 5.32 Å². The molecule has 0 saturated carbocycles. The van der Waals surface area contributed by atoms with Gasteiger partial charge in [-0.25, -0.2) is 0 Å². The van der Waals surface area contributed by atoms with Crippen molar-refractivity contribution in [1.82, 2.24) is 5.32 Å². The topological polar surface area (TPSA) is 86.6 Å². The summed E-state index contributed by atoms with van der Waals surface area (Å²) in [6, 6.07) is 0. The lowest BCUT2D eigenvalue weighted by atomic mass is 10.1. The molecule has 0 aromatic rings. The molecule has 0 aromatic heterocycles. The molecule has 0 radical (unpaired) electrons. The summed E-state index contributed by atoms with van der Waals surface area (Å²) < 4.78 is 0. The fourth-order valence-electron chi connectivity index (χ4n) is 0.706. The van der Waals surface area contributed by atoms with Crippen LogP contribution in [0.25, 0.3) is 0 Å². The van der Waals surface area contributed by atoms with Crippen LogP contribution in [-0.2, 0) is 9.59 Å². The van der Waals surface area contributed by atoms with E-state index in [0.29, 0.717) is 0 Å². The van der Waals surface area contributed by atoms with Gasteiger partial charge in [0.05, 0.1) is 6.10 Å². The Labute approximate surface area is 83.1 Å². The van der Waals surface area contributed by atoms with E-state index in [9.17, 15) is 14.7 Å². The molecule has 3 N–H and O–H groups in total. The molecular formula is C9H17NO4. The number of rotatable bonds is 5. The van der Waals surface area contributed by atoms with Gasteiger partial charge in [-0.3, -0.25) is 9.59 Å². The van der Waals surface area contributed by atoms with Gasteiger partial charge in [-0.1, -0.05) is 13.8 Å². The minimum Gasteiger partial charge on any atom is -0.481 e. The summed E-state index contributed by atoms with van der Waals surface area (Å²) in [7, 11) is 0. The van der Waals surface area contributed by atoms with Gasteiger partial charge in [0, 0.05) is 6.54 Å². The predicted molar refractivity (Wildman–Crippen MR) is 50.7 cm³/mol. The molecule has 1 amide bonds. The molecular weight excluding hydrogens is 186 g/mol. The summed E-state index contributed by atoms with van der Waals surface area (Å²) in [6.45, 7) is 5.03. The smallest absolute Gasteiger partial charge is 0.315 e. The Balaban J connectivity index is 3.91. The number of aliphatic hydroxyl groups is 1. The third-order valence-electron chi connectivity index (χ3n) is 2.02. The van der Waals surface area contributed by atoms with Crippen molar-refractivity contribution < 1.29 is 19.8 Å². The lowest BCUT2D eigenvalue weighted by molar-refractivity contribution is -0.146. The first kappa shape index (κ1) is 12.9. The van der Waals surface area contributed by atoms with Crippen LogP contribution >= 0.6 is 0 Å². The van der Waals surface area contributed by atoms with E-state index in [0.717, 1.165) is 0 Å². The highest BCUT2D eigenvalue weighted by Gasteiger charge is 2.21. The number of hydrogen-bond donors (Lipinski definition) is 3. The second kappa shape index (κ2) is 5.59. The van der Waals surface area contributed by atoms with Crippen molar-refractivity contribution in [3.05, 3.63) is 0 Å². The zero-order valence-corrected chi connectivity index (χ0v) is 8.65. The van der Waals surface area contributed by atoms with Crippen LogP contribution in [-0.4, -0.2) is 34.7 Å². The molecule has 0 aliphatic heterocycles. The summed E-state index contributed by atoms with van der Waals surface area (Å²) in [5.41, 5.74) is 0. The van der Waals surface area contributed by atoms with Crippen molar-refractivity contribution in [3.63, 3.8) is 0 Å². The third kappa shape index (κ3) is 4.23. The molecule has 2 unspecified atom stereocenters. The third-order valence-corrected chi connectivity index (χ3v) is 2.02. The zero-order valence-electron chi connectivity index (χ0n) is 8.65. The average molecular weight is 203 g/mol. The van der Waals surface area contributed by atoms with E-state index in [1.807, 2.05) is 13.8 Å². The van der Waals surface area contributed by atoms with Crippen LogP contribution in [0.15, 0.2) is 0 Å². The number of nitrogens with one attached hydrogen (secondary N) is 1. The Morgan fingerprint density at radius 2 is 1.79 bits per heavy atom. The van der Waals surface area contributed by atoms with Gasteiger partial charge in [0.25, 0.3) is 0 Å². The molecule has 0 rings (SSSR count). The average Bonchev–Trinajstić information content (AvgIpc) is 2.11. The maximum absolute atomic E-state index is 11.1. The zero-order chi connectivity index (χ0) is 11.3. The maximum Gasteiger partial charge on any atom is 0.315 e. The van der Waals surface area contributed by atoms with Gasteiger partial charge in [-0.05, 0) is 12.8 Å². The minimum absolute atomic E-state index is 0.0374. The first-order valence-electron chi connectivity index (χ1n) is 4.54. The molecule has 0 aromatic carbocycles. The number of carbonyl (C=O) groups excluding carboxylic acids is 1. The molecule has 14 heavy (non-hydrogen) atoms. The molecule has 0 spiro atoms. The number of amides is 1. The fraction of sp³-hybridized carbons (Fsp3) is 0.778. The molecule has 82 valence electrons. The number of aliphatic hydroxyl groups excluding tert-OH is 1. The van der Waals surface area contributed by atoms with Gasteiger partial charge in [-0.15, -0.1) is 0 Å². The Morgan fingerprint density at radius 3 is 2.14 bits per heavy atom. The molecule has 0 aliphatic rings. The standard InChI is InChI=1S/C9H17NO4/c1-5(2)7(11)4-10-8(12)6(3)9(13)14/h5-7,11H,4H2,1-3H3,(H,10,12)(H,13,14). The second-order valence-electron chi connectivity index (χ2n) is 3.62. The van der Waals surface area contributed by atoms with Gasteiger partial charge in [0.15, 0.2) is 0 Å². The lowest BCUT2D eigenvalue weighted by Gasteiger charge is -2.15. The van der Waals surface area contributed by atoms with Crippen LogP contribution in [0.2, 0.25) is 0 Å². The molecule has 0 saturated heterocycles. The van der Waals surface area contributed by atoms with Gasteiger partial charge < -0.3 is 15.5 Å². The SMILES string of the molecule is CC(C(=O)O)C(=O)NCC(O)C(C)C. The van der Waals surface area contributed by atoms with E-state index in [2.05, 4.69) is 5.32 Å². The number of carboxylic acid groups (broad SMARTS) is 1. The Bertz CT molecular complexity index is 215. The Kier molecular flexibility index (Phi) is 5.15. The molecule has 5 nitrogen and oxygen atoms in total. The normalized spacial score (nSPS) is 14.9. The molecule has 2 atom stereocenters. The molecule has 5 heteroatoms. The summed E-state index contributed by atoms with van der Waals surface area (Å²) >= 11 is 0. The van der Waals surface area contributed by atoms with Crippen molar-refractivity contribution in [1.29, 1.82) is 0 Å². The van der Waals surface area contributed by atoms with E-state index < -0.39 is 23.9 Å². The first-order valence-corrected chi connectivity index (χ1v) is 4.54. The van der Waals surface area contributed by atoms with E-state index in [1.165, 1.54) is 6.92 Å². The van der Waals surface area contributed by atoms with E-state index in [1.54, 1.807) is 0 Å². The molecule has 0 bridgehead atoms. The van der Waals surface area contributed by atoms with Gasteiger partial charge >= 0.3 is 5.97 Å². The molecule has 0 aliphatic carbocycles. The summed E-state index contributed by atoms with van der Waals surface area (Å²) in [5.74, 6) is -2.77. The van der Waals surface area contributed by atoms with E-state index in [4.69, 9.17) is 5.11 Å². The van der Waals surface area contributed by atoms with E-state index in [-0.39, 0.29) is 12.5 Å². The monoisotopic (exact) mass is 203 g/mol. The van der Waals surface area contributed by atoms with Crippen molar-refractivity contribution >= 4 is 11.9 Å². The van der Waals surface area contributed by atoms with Crippen LogP contribution in [0.1, 0.15) is 20.8 Å². The van der Waals surface area contributed by atoms with Crippen LogP contribution in [0.4, 0.5) is 0 Å². The fourth-order valence-corrected chi connectivity index (χ4v) is 0.706. The summed E-state index contributed by atoms with van der Waals surface area (Å²) in [4.78, 5) is 21.5. The highest BCUT2D eigenvalue weighted by atomic mass is 16.4. The van der Waals surface area contributed by atoms with E-state index >= 15 is 0 Å². The number of hydrogen-bond acceptors (Lipinski definition) is 3. The Hall–Kier alpha value is -1.10. The van der Waals surface area contributed by atoms with Gasteiger partial charge in [-0.2, -0.15) is 0 Å². The lowest BCUT2D eigenvalue weighted by Crippen LogP contribution is -2.39. The highest BCUT2D eigenvalue weighted by Crippen LogP contribution is 2.00. The largest absolute Gasteiger partial charge is 0.481 e. The maximum atomic E-state index is 11.1. The number of aliphatic carboxylic acids is 1. The van der Waals surface area contributed by atoms with Gasteiger partial charge in [0.1, 0.15) is 5.92 Å². The second-order valence-corrected chi connectivity index (χ2v) is 3.62. The predicted octanol–water partition coefficient (Wildman–Crippen LogP) is -0.160. The van der Waals surface area contributed by atoms with Crippen LogP contribution in [0, 0.1) is 11.8 Å². The van der Waals surface area contributed by atoms with Crippen molar-refractivity contribution in [2.75, 3.05) is 6.54 Å². The number of carbonyl (C=O) groups is 2. The first-order chi connectivity index (χ1) is 6.36. The highest BCUT2D eigenvalue weighted by molar-refractivity contribution is 5.96. The van der Waals surface area contributed by atoms with Crippen LogP contribution in [0.5, 0.6) is 0 Å². The minimum atomic E-state index is -1.17. The van der Waals surface area contributed by atoms with Crippen molar-refractivity contribution in [2.45, 2.75) is 26.9 Å². The van der Waals surface area contributed by atoms with Crippen molar-refractivity contribution in [2.24, 2.45) is 11.8 Å². The molecule has 0 fully saturated rings.